The Hall–Kier alpha value is -2.27. The SMILES string of the molecule is C[C@@H]1CN(c2cc(N3C[C@@H]4CCC[C@@H]4[C@H]3Cc3ccccc3)[nH]c(=O)c2)CCO1. The average Bonchev–Trinajstić information content (AvgIpc) is 3.31. The maximum absolute atomic E-state index is 12.6. The lowest BCUT2D eigenvalue weighted by molar-refractivity contribution is 0.0532. The molecule has 3 fully saturated rings. The van der Waals surface area contributed by atoms with Gasteiger partial charge < -0.3 is 19.5 Å². The van der Waals surface area contributed by atoms with Crippen LogP contribution >= 0.6 is 0 Å². The summed E-state index contributed by atoms with van der Waals surface area (Å²) >= 11 is 0. The molecule has 0 bridgehead atoms. The number of rotatable bonds is 4. The Morgan fingerprint density at radius 3 is 2.83 bits per heavy atom. The molecule has 3 heterocycles. The number of nitrogens with one attached hydrogen (secondary N) is 1. The Morgan fingerprint density at radius 2 is 2.00 bits per heavy atom. The van der Waals surface area contributed by atoms with Crippen molar-refractivity contribution in [2.45, 2.75) is 44.8 Å². The number of hydrogen-bond acceptors (Lipinski definition) is 4. The van der Waals surface area contributed by atoms with E-state index in [4.69, 9.17) is 4.74 Å². The molecule has 5 nitrogen and oxygen atoms in total. The van der Waals surface area contributed by atoms with Gasteiger partial charge in [0.25, 0.3) is 5.56 Å². The van der Waals surface area contributed by atoms with Gasteiger partial charge in [-0.05, 0) is 43.6 Å². The van der Waals surface area contributed by atoms with Gasteiger partial charge in [0, 0.05) is 43.5 Å². The number of H-pyrrole nitrogens is 1. The van der Waals surface area contributed by atoms with Crippen LogP contribution in [0.5, 0.6) is 0 Å². The van der Waals surface area contributed by atoms with Crippen LogP contribution in [0.1, 0.15) is 31.7 Å². The van der Waals surface area contributed by atoms with E-state index in [-0.39, 0.29) is 11.7 Å². The third-order valence-electron chi connectivity index (χ3n) is 7.06. The summed E-state index contributed by atoms with van der Waals surface area (Å²) in [4.78, 5) is 20.5. The van der Waals surface area contributed by atoms with Crippen LogP contribution in [0, 0.1) is 11.8 Å². The summed E-state index contributed by atoms with van der Waals surface area (Å²) in [5.41, 5.74) is 2.40. The fourth-order valence-electron chi connectivity index (χ4n) is 5.72. The topological polar surface area (TPSA) is 48.6 Å². The van der Waals surface area contributed by atoms with Crippen molar-refractivity contribution in [1.82, 2.24) is 4.98 Å². The van der Waals surface area contributed by atoms with E-state index < -0.39 is 0 Å². The lowest BCUT2D eigenvalue weighted by Gasteiger charge is -2.34. The Bertz CT molecular complexity index is 896. The zero-order valence-corrected chi connectivity index (χ0v) is 17.2. The van der Waals surface area contributed by atoms with Gasteiger partial charge in [0.1, 0.15) is 5.82 Å². The monoisotopic (exact) mass is 393 g/mol. The molecule has 1 aliphatic carbocycles. The van der Waals surface area contributed by atoms with E-state index in [1.54, 1.807) is 6.07 Å². The summed E-state index contributed by atoms with van der Waals surface area (Å²) in [6.07, 6.45) is 5.21. The van der Waals surface area contributed by atoms with Crippen molar-refractivity contribution in [2.24, 2.45) is 11.8 Å². The molecule has 5 rings (SSSR count). The van der Waals surface area contributed by atoms with Gasteiger partial charge in [-0.25, -0.2) is 0 Å². The van der Waals surface area contributed by atoms with Crippen LogP contribution in [-0.4, -0.2) is 43.4 Å². The minimum absolute atomic E-state index is 0.00725. The van der Waals surface area contributed by atoms with E-state index in [0.717, 1.165) is 49.4 Å². The van der Waals surface area contributed by atoms with Crippen molar-refractivity contribution in [2.75, 3.05) is 36.0 Å². The number of benzene rings is 1. The van der Waals surface area contributed by atoms with Crippen LogP contribution in [0.3, 0.4) is 0 Å². The summed E-state index contributed by atoms with van der Waals surface area (Å²) in [5.74, 6) is 2.46. The Kier molecular flexibility index (Phi) is 5.08. The minimum Gasteiger partial charge on any atom is -0.375 e. The van der Waals surface area contributed by atoms with E-state index in [0.29, 0.717) is 12.6 Å². The molecule has 1 aromatic heterocycles. The predicted molar refractivity (Wildman–Crippen MR) is 117 cm³/mol. The Labute approximate surface area is 172 Å². The number of fused-ring (bicyclic) bond motifs is 1. The number of morpholine rings is 1. The summed E-state index contributed by atoms with van der Waals surface area (Å²) in [5, 5.41) is 0. The van der Waals surface area contributed by atoms with Crippen LogP contribution in [0.15, 0.2) is 47.3 Å². The predicted octanol–water partition coefficient (Wildman–Crippen LogP) is 3.45. The van der Waals surface area contributed by atoms with Gasteiger partial charge in [-0.3, -0.25) is 4.79 Å². The van der Waals surface area contributed by atoms with Gasteiger partial charge >= 0.3 is 0 Å². The molecule has 1 saturated carbocycles. The third-order valence-corrected chi connectivity index (χ3v) is 7.06. The summed E-state index contributed by atoms with van der Waals surface area (Å²) < 4.78 is 5.69. The van der Waals surface area contributed by atoms with E-state index in [1.165, 1.54) is 24.8 Å². The van der Waals surface area contributed by atoms with Crippen LogP contribution in [0.25, 0.3) is 0 Å². The molecule has 2 saturated heterocycles. The minimum atomic E-state index is -0.00725. The maximum Gasteiger partial charge on any atom is 0.251 e. The Balaban J connectivity index is 1.45. The number of aromatic amines is 1. The van der Waals surface area contributed by atoms with Gasteiger partial charge in [-0.15, -0.1) is 0 Å². The molecule has 2 aliphatic heterocycles. The molecule has 29 heavy (non-hydrogen) atoms. The van der Waals surface area contributed by atoms with Crippen LogP contribution in [-0.2, 0) is 11.2 Å². The summed E-state index contributed by atoms with van der Waals surface area (Å²) in [6, 6.07) is 15.2. The fraction of sp³-hybridized carbons (Fsp3) is 0.542. The van der Waals surface area contributed by atoms with Gasteiger partial charge in [0.15, 0.2) is 0 Å². The Morgan fingerprint density at radius 1 is 1.14 bits per heavy atom. The molecule has 0 radical (unpaired) electrons. The second-order valence-electron chi connectivity index (χ2n) is 8.98. The molecule has 4 atom stereocenters. The summed E-state index contributed by atoms with van der Waals surface area (Å²) in [7, 11) is 0. The first-order valence-corrected chi connectivity index (χ1v) is 11.1. The van der Waals surface area contributed by atoms with Crippen LogP contribution in [0.4, 0.5) is 11.5 Å². The maximum atomic E-state index is 12.6. The van der Waals surface area contributed by atoms with E-state index in [2.05, 4.69) is 58.1 Å². The first-order chi connectivity index (χ1) is 14.2. The van der Waals surface area contributed by atoms with Crippen LogP contribution in [0.2, 0.25) is 0 Å². The largest absolute Gasteiger partial charge is 0.375 e. The van der Waals surface area contributed by atoms with E-state index >= 15 is 0 Å². The number of ether oxygens (including phenoxy) is 1. The molecule has 1 N–H and O–H groups in total. The van der Waals surface area contributed by atoms with Crippen molar-refractivity contribution in [1.29, 1.82) is 0 Å². The molecular weight excluding hydrogens is 362 g/mol. The number of nitrogens with zero attached hydrogens (tertiary/aromatic N) is 2. The third kappa shape index (κ3) is 3.80. The van der Waals surface area contributed by atoms with Crippen molar-refractivity contribution < 1.29 is 4.74 Å². The second-order valence-corrected chi connectivity index (χ2v) is 8.98. The number of anilines is 2. The van der Waals surface area contributed by atoms with Crippen molar-refractivity contribution in [3.05, 3.63) is 58.4 Å². The highest BCUT2D eigenvalue weighted by molar-refractivity contribution is 5.56. The fourth-order valence-corrected chi connectivity index (χ4v) is 5.72. The lowest BCUT2D eigenvalue weighted by atomic mass is 9.90. The highest BCUT2D eigenvalue weighted by Crippen LogP contribution is 2.44. The highest BCUT2D eigenvalue weighted by Gasteiger charge is 2.44. The average molecular weight is 394 g/mol. The lowest BCUT2D eigenvalue weighted by Crippen LogP contribution is -2.42. The van der Waals surface area contributed by atoms with Crippen molar-refractivity contribution >= 4 is 11.5 Å². The standard InChI is InChI=1S/C24H31N3O2/c1-17-15-26(10-11-29-17)20-13-23(25-24(28)14-20)27-16-19-8-5-9-21(19)22(27)12-18-6-3-2-4-7-18/h2-4,6-7,13-14,17,19,21-22H,5,8-12,15-16H2,1H3,(H,25,28)/t17-,19+,21+,22-/m1/s1. The number of hydrogen-bond donors (Lipinski definition) is 1. The molecule has 1 aromatic carbocycles. The molecule has 3 aliphatic rings. The van der Waals surface area contributed by atoms with E-state index in [9.17, 15) is 4.79 Å². The van der Waals surface area contributed by atoms with Crippen LogP contribution < -0.4 is 15.4 Å². The molecule has 154 valence electrons. The van der Waals surface area contributed by atoms with Crippen molar-refractivity contribution in [3.8, 4) is 0 Å². The van der Waals surface area contributed by atoms with Gasteiger partial charge in [-0.2, -0.15) is 0 Å². The van der Waals surface area contributed by atoms with E-state index in [1.807, 2.05) is 0 Å². The first kappa shape index (κ1) is 18.7. The second kappa shape index (κ2) is 7.86. The normalized spacial score (nSPS) is 29.3. The molecule has 2 aromatic rings. The molecule has 0 amide bonds. The molecular formula is C24H31N3O2. The van der Waals surface area contributed by atoms with Gasteiger partial charge in [0.2, 0.25) is 0 Å². The zero-order chi connectivity index (χ0) is 19.8. The smallest absolute Gasteiger partial charge is 0.251 e. The zero-order valence-electron chi connectivity index (χ0n) is 17.2. The highest BCUT2D eigenvalue weighted by atomic mass is 16.5. The number of pyridine rings is 1. The molecule has 0 spiro atoms. The summed E-state index contributed by atoms with van der Waals surface area (Å²) in [6.45, 7) is 5.54. The van der Waals surface area contributed by atoms with Gasteiger partial charge in [-0.1, -0.05) is 36.8 Å². The molecule has 5 heteroatoms. The quantitative estimate of drug-likeness (QED) is 0.864. The van der Waals surface area contributed by atoms with Crippen molar-refractivity contribution in [3.63, 3.8) is 0 Å². The first-order valence-electron chi connectivity index (χ1n) is 11.1. The number of aromatic nitrogens is 1. The van der Waals surface area contributed by atoms with Gasteiger partial charge in [0.05, 0.1) is 12.7 Å². The molecule has 0 unspecified atom stereocenters.